The number of benzene rings is 1. The number of hydrogen-bond acceptors (Lipinski definition) is 2. The lowest BCUT2D eigenvalue weighted by Gasteiger charge is -2.22. The minimum Gasteiger partial charge on any atom is -0.309 e. The van der Waals surface area contributed by atoms with Crippen LogP contribution in [0.2, 0.25) is 0 Å². The molecule has 0 bridgehead atoms. The van der Waals surface area contributed by atoms with Gasteiger partial charge in [0, 0.05) is 17.5 Å². The Morgan fingerprint density at radius 1 is 1.00 bits per heavy atom. The van der Waals surface area contributed by atoms with Gasteiger partial charge in [-0.1, -0.05) is 49.6 Å². The minimum atomic E-state index is 0.746. The molecule has 1 fully saturated rings. The van der Waals surface area contributed by atoms with Crippen LogP contribution in [0.4, 0.5) is 0 Å². The molecule has 3 rings (SSSR count). The highest BCUT2D eigenvalue weighted by Crippen LogP contribution is 2.26. The fourth-order valence-corrected chi connectivity index (χ4v) is 3.65. The summed E-state index contributed by atoms with van der Waals surface area (Å²) in [4.78, 5) is 1.45. The zero-order valence-electron chi connectivity index (χ0n) is 11.3. The molecule has 100 valence electrons. The molecule has 1 N–H and O–H groups in total. The van der Waals surface area contributed by atoms with Gasteiger partial charge in [-0.15, -0.1) is 11.3 Å². The van der Waals surface area contributed by atoms with Crippen molar-refractivity contribution >= 4 is 11.3 Å². The first-order chi connectivity index (χ1) is 9.42. The lowest BCUT2D eigenvalue weighted by atomic mass is 9.95. The Hall–Kier alpha value is -1.12. The van der Waals surface area contributed by atoms with Gasteiger partial charge in [0.25, 0.3) is 0 Å². The first kappa shape index (κ1) is 12.9. The highest BCUT2D eigenvalue weighted by atomic mass is 32.1. The van der Waals surface area contributed by atoms with Crippen LogP contribution in [-0.2, 0) is 6.54 Å². The van der Waals surface area contributed by atoms with E-state index in [-0.39, 0.29) is 0 Å². The van der Waals surface area contributed by atoms with Crippen molar-refractivity contribution in [3.8, 4) is 11.1 Å². The predicted octanol–water partition coefficient (Wildman–Crippen LogP) is 4.84. The van der Waals surface area contributed by atoms with Gasteiger partial charge in [-0.05, 0) is 35.4 Å². The minimum absolute atomic E-state index is 0.746. The summed E-state index contributed by atoms with van der Waals surface area (Å²) in [5, 5.41) is 5.98. The van der Waals surface area contributed by atoms with Gasteiger partial charge in [0.15, 0.2) is 0 Å². The van der Waals surface area contributed by atoms with Crippen LogP contribution in [0, 0.1) is 0 Å². The molecule has 1 heterocycles. The summed E-state index contributed by atoms with van der Waals surface area (Å²) in [6.45, 7) is 1.03. The van der Waals surface area contributed by atoms with E-state index >= 15 is 0 Å². The maximum atomic E-state index is 3.71. The van der Waals surface area contributed by atoms with Crippen molar-refractivity contribution in [1.82, 2.24) is 5.32 Å². The summed E-state index contributed by atoms with van der Waals surface area (Å²) in [6.07, 6.45) is 6.94. The molecule has 0 unspecified atom stereocenters. The van der Waals surface area contributed by atoms with Crippen molar-refractivity contribution in [1.29, 1.82) is 0 Å². The average molecular weight is 271 g/mol. The number of nitrogens with one attached hydrogen (secondary N) is 1. The van der Waals surface area contributed by atoms with Crippen LogP contribution < -0.4 is 5.32 Å². The predicted molar refractivity (Wildman–Crippen MR) is 83.5 cm³/mol. The van der Waals surface area contributed by atoms with Gasteiger partial charge < -0.3 is 5.32 Å². The molecule has 0 atom stereocenters. The van der Waals surface area contributed by atoms with Gasteiger partial charge in [-0.3, -0.25) is 0 Å². The molecular weight excluding hydrogens is 250 g/mol. The molecule has 0 radical (unpaired) electrons. The van der Waals surface area contributed by atoms with Gasteiger partial charge in [0.05, 0.1) is 0 Å². The van der Waals surface area contributed by atoms with E-state index in [9.17, 15) is 0 Å². The molecule has 0 amide bonds. The monoisotopic (exact) mass is 271 g/mol. The van der Waals surface area contributed by atoms with Gasteiger partial charge in [-0.25, -0.2) is 0 Å². The Bertz CT molecular complexity index is 497. The van der Waals surface area contributed by atoms with Crippen LogP contribution in [0.15, 0.2) is 41.8 Å². The zero-order chi connectivity index (χ0) is 12.9. The molecule has 0 spiro atoms. The molecule has 1 aliphatic rings. The van der Waals surface area contributed by atoms with Gasteiger partial charge in [0.2, 0.25) is 0 Å². The maximum absolute atomic E-state index is 3.71. The summed E-state index contributed by atoms with van der Waals surface area (Å²) >= 11 is 1.87. The van der Waals surface area contributed by atoms with Crippen LogP contribution in [-0.4, -0.2) is 6.04 Å². The third-order valence-corrected chi connectivity index (χ3v) is 4.87. The quantitative estimate of drug-likeness (QED) is 0.839. The van der Waals surface area contributed by atoms with Crippen LogP contribution in [0.25, 0.3) is 11.1 Å². The standard InChI is InChI=1S/C17H21NS/c1-3-7-14(8-4-1)15-11-17(19-13-15)12-18-16-9-5-2-6-10-16/h1,3-4,7-8,11,13,16,18H,2,5-6,9-10,12H2. The molecular formula is C17H21NS. The fraction of sp³-hybridized carbons (Fsp3) is 0.412. The molecule has 1 aromatic heterocycles. The number of rotatable bonds is 4. The normalized spacial score (nSPS) is 16.6. The number of hydrogen-bond donors (Lipinski definition) is 1. The Labute approximate surface area is 119 Å². The zero-order valence-corrected chi connectivity index (χ0v) is 12.1. The molecule has 0 aliphatic heterocycles. The maximum Gasteiger partial charge on any atom is 0.0302 e. The van der Waals surface area contributed by atoms with E-state index in [1.54, 1.807) is 0 Å². The Morgan fingerprint density at radius 3 is 2.58 bits per heavy atom. The van der Waals surface area contributed by atoms with Crippen molar-refractivity contribution in [2.24, 2.45) is 0 Å². The second kappa shape index (κ2) is 6.36. The second-order valence-electron chi connectivity index (χ2n) is 5.38. The molecule has 1 aliphatic carbocycles. The Kier molecular flexibility index (Phi) is 4.31. The Balaban J connectivity index is 1.59. The highest BCUT2D eigenvalue weighted by molar-refractivity contribution is 7.10. The van der Waals surface area contributed by atoms with E-state index in [4.69, 9.17) is 0 Å². The van der Waals surface area contributed by atoms with Gasteiger partial charge in [-0.2, -0.15) is 0 Å². The van der Waals surface area contributed by atoms with E-state index in [0.717, 1.165) is 12.6 Å². The summed E-state index contributed by atoms with van der Waals surface area (Å²) in [5.41, 5.74) is 2.67. The molecule has 1 aromatic carbocycles. The summed E-state index contributed by atoms with van der Waals surface area (Å²) in [5.74, 6) is 0. The first-order valence-electron chi connectivity index (χ1n) is 7.28. The van der Waals surface area contributed by atoms with Crippen molar-refractivity contribution in [3.05, 3.63) is 46.7 Å². The smallest absolute Gasteiger partial charge is 0.0302 e. The highest BCUT2D eigenvalue weighted by Gasteiger charge is 2.12. The van der Waals surface area contributed by atoms with Crippen molar-refractivity contribution in [2.75, 3.05) is 0 Å². The van der Waals surface area contributed by atoms with Crippen molar-refractivity contribution in [2.45, 2.75) is 44.7 Å². The first-order valence-corrected chi connectivity index (χ1v) is 8.16. The largest absolute Gasteiger partial charge is 0.309 e. The van der Waals surface area contributed by atoms with Gasteiger partial charge in [0.1, 0.15) is 0 Å². The van der Waals surface area contributed by atoms with Crippen LogP contribution in [0.5, 0.6) is 0 Å². The molecule has 1 saturated carbocycles. The molecule has 2 heteroatoms. The van der Waals surface area contributed by atoms with E-state index in [1.165, 1.54) is 48.1 Å². The third-order valence-electron chi connectivity index (χ3n) is 3.93. The fourth-order valence-electron chi connectivity index (χ4n) is 2.81. The van der Waals surface area contributed by atoms with Crippen molar-refractivity contribution in [3.63, 3.8) is 0 Å². The lowest BCUT2D eigenvalue weighted by molar-refractivity contribution is 0.373. The van der Waals surface area contributed by atoms with E-state index in [0.29, 0.717) is 0 Å². The van der Waals surface area contributed by atoms with Crippen LogP contribution in [0.1, 0.15) is 37.0 Å². The molecule has 19 heavy (non-hydrogen) atoms. The van der Waals surface area contributed by atoms with Crippen LogP contribution >= 0.6 is 11.3 Å². The summed E-state index contributed by atoms with van der Waals surface area (Å²) < 4.78 is 0. The van der Waals surface area contributed by atoms with E-state index in [1.807, 2.05) is 11.3 Å². The third kappa shape index (κ3) is 3.46. The second-order valence-corrected chi connectivity index (χ2v) is 6.38. The molecule has 0 saturated heterocycles. The van der Waals surface area contributed by atoms with Gasteiger partial charge >= 0.3 is 0 Å². The number of thiophene rings is 1. The van der Waals surface area contributed by atoms with E-state index in [2.05, 4.69) is 47.1 Å². The van der Waals surface area contributed by atoms with Crippen LogP contribution in [0.3, 0.4) is 0 Å². The van der Waals surface area contributed by atoms with Crippen molar-refractivity contribution < 1.29 is 0 Å². The Morgan fingerprint density at radius 2 is 1.79 bits per heavy atom. The SMILES string of the molecule is c1ccc(-c2csc(CNC3CCCCC3)c2)cc1. The molecule has 1 nitrogen and oxygen atoms in total. The van der Waals surface area contributed by atoms with E-state index < -0.39 is 0 Å². The summed E-state index contributed by atoms with van der Waals surface area (Å²) in [7, 11) is 0. The molecule has 2 aromatic rings. The topological polar surface area (TPSA) is 12.0 Å². The lowest BCUT2D eigenvalue weighted by Crippen LogP contribution is -2.30. The average Bonchev–Trinajstić information content (AvgIpc) is 2.96. The summed E-state index contributed by atoms with van der Waals surface area (Å²) in [6, 6.07) is 13.7.